The number of hydrogen-bond donors (Lipinski definition) is 1. The summed E-state index contributed by atoms with van der Waals surface area (Å²) < 4.78 is 0. The smallest absolute Gasteiger partial charge is 0.0408 e. The van der Waals surface area contributed by atoms with Crippen molar-refractivity contribution in [1.29, 1.82) is 0 Å². The van der Waals surface area contributed by atoms with Gasteiger partial charge in [0.25, 0.3) is 0 Å². The average molecular weight is 309 g/mol. The van der Waals surface area contributed by atoms with E-state index < -0.39 is 0 Å². The Kier molecular flexibility index (Phi) is 6.09. The van der Waals surface area contributed by atoms with Gasteiger partial charge in [0, 0.05) is 23.7 Å². The van der Waals surface area contributed by atoms with Gasteiger partial charge in [-0.25, -0.2) is 0 Å². The Bertz CT molecular complexity index is 455. The van der Waals surface area contributed by atoms with Crippen LogP contribution in [-0.2, 0) is 12.8 Å². The normalized spacial score (nSPS) is 19.3. The lowest BCUT2D eigenvalue weighted by Gasteiger charge is -2.32. The largest absolute Gasteiger partial charge is 0.312 e. The molecular formula is C18H29ClN2. The molecule has 118 valence electrons. The van der Waals surface area contributed by atoms with Gasteiger partial charge < -0.3 is 10.2 Å². The van der Waals surface area contributed by atoms with E-state index in [1.54, 1.807) is 0 Å². The molecule has 1 aromatic rings. The van der Waals surface area contributed by atoms with Gasteiger partial charge in [0.2, 0.25) is 0 Å². The van der Waals surface area contributed by atoms with Crippen molar-refractivity contribution in [3.63, 3.8) is 0 Å². The molecular weight excluding hydrogens is 280 g/mol. The van der Waals surface area contributed by atoms with Crippen LogP contribution in [0, 0.1) is 5.92 Å². The maximum absolute atomic E-state index is 6.09. The molecule has 2 atom stereocenters. The molecule has 0 aromatic heterocycles. The fourth-order valence-electron chi connectivity index (χ4n) is 3.62. The Morgan fingerprint density at radius 3 is 2.48 bits per heavy atom. The fourth-order valence-corrected chi connectivity index (χ4v) is 3.82. The third-order valence-electron chi connectivity index (χ3n) is 4.97. The number of likely N-dealkylation sites (N-methyl/N-ethyl adjacent to an activating group) is 1. The Morgan fingerprint density at radius 1 is 1.19 bits per heavy atom. The summed E-state index contributed by atoms with van der Waals surface area (Å²) in [7, 11) is 4.40. The molecule has 3 heteroatoms. The molecule has 0 bridgehead atoms. The van der Waals surface area contributed by atoms with Crippen LogP contribution in [0.25, 0.3) is 0 Å². The number of fused-ring (bicyclic) bond motifs is 1. The first-order chi connectivity index (χ1) is 10.0. The lowest BCUT2D eigenvalue weighted by atomic mass is 9.93. The van der Waals surface area contributed by atoms with Crippen LogP contribution in [0.3, 0.4) is 0 Å². The minimum atomic E-state index is 0.565. The van der Waals surface area contributed by atoms with Gasteiger partial charge in [-0.3, -0.25) is 0 Å². The minimum absolute atomic E-state index is 0.565. The molecule has 1 aliphatic rings. The van der Waals surface area contributed by atoms with Crippen molar-refractivity contribution < 1.29 is 0 Å². The van der Waals surface area contributed by atoms with Gasteiger partial charge in [-0.05, 0) is 56.1 Å². The van der Waals surface area contributed by atoms with Gasteiger partial charge in [0.15, 0.2) is 0 Å². The van der Waals surface area contributed by atoms with Gasteiger partial charge in [-0.1, -0.05) is 44.4 Å². The molecule has 0 saturated carbocycles. The summed E-state index contributed by atoms with van der Waals surface area (Å²) in [5.41, 5.74) is 2.88. The predicted molar refractivity (Wildman–Crippen MR) is 92.2 cm³/mol. The predicted octanol–water partition coefficient (Wildman–Crippen LogP) is 3.76. The highest BCUT2D eigenvalue weighted by atomic mass is 35.5. The molecule has 1 aliphatic carbocycles. The summed E-state index contributed by atoms with van der Waals surface area (Å²) in [6.07, 6.45) is 4.75. The molecule has 0 heterocycles. The van der Waals surface area contributed by atoms with E-state index in [-0.39, 0.29) is 0 Å². The van der Waals surface area contributed by atoms with Gasteiger partial charge in [0.1, 0.15) is 0 Å². The second-order valence-corrected chi connectivity index (χ2v) is 6.97. The standard InChI is InChI=1S/C18H29ClN2/c1-5-13(6-2)18(21(3)4)12-20-17-10-14-7-8-16(19)9-15(14)11-17/h7-9,13,17-18,20H,5-6,10-12H2,1-4H3. The first kappa shape index (κ1) is 16.8. The number of rotatable bonds is 7. The van der Waals surface area contributed by atoms with Crippen molar-refractivity contribution in [2.75, 3.05) is 20.6 Å². The molecule has 0 spiro atoms. The third-order valence-corrected chi connectivity index (χ3v) is 5.21. The minimum Gasteiger partial charge on any atom is -0.312 e. The zero-order valence-electron chi connectivity index (χ0n) is 13.8. The summed E-state index contributed by atoms with van der Waals surface area (Å²) in [6, 6.07) is 7.50. The second-order valence-electron chi connectivity index (χ2n) is 6.53. The molecule has 0 radical (unpaired) electrons. The van der Waals surface area contributed by atoms with Crippen LogP contribution >= 0.6 is 11.6 Å². The Hall–Kier alpha value is -0.570. The van der Waals surface area contributed by atoms with Crippen LogP contribution in [0.4, 0.5) is 0 Å². The molecule has 0 aliphatic heterocycles. The topological polar surface area (TPSA) is 15.3 Å². The highest BCUT2D eigenvalue weighted by Crippen LogP contribution is 2.25. The summed E-state index contributed by atoms with van der Waals surface area (Å²) in [5, 5.41) is 4.65. The number of hydrogen-bond acceptors (Lipinski definition) is 2. The first-order valence-electron chi connectivity index (χ1n) is 8.22. The van der Waals surface area contributed by atoms with Gasteiger partial charge in [-0.2, -0.15) is 0 Å². The Morgan fingerprint density at radius 2 is 1.86 bits per heavy atom. The number of nitrogens with zero attached hydrogens (tertiary/aromatic N) is 1. The maximum atomic E-state index is 6.09. The Labute approximate surface area is 134 Å². The summed E-state index contributed by atoms with van der Waals surface area (Å²) in [5.74, 6) is 0.769. The van der Waals surface area contributed by atoms with Gasteiger partial charge in [0.05, 0.1) is 0 Å². The van der Waals surface area contributed by atoms with E-state index in [2.05, 4.69) is 50.3 Å². The van der Waals surface area contributed by atoms with Gasteiger partial charge in [-0.15, -0.1) is 0 Å². The molecule has 2 unspecified atom stereocenters. The van der Waals surface area contributed by atoms with Crippen molar-refractivity contribution >= 4 is 11.6 Å². The molecule has 1 N–H and O–H groups in total. The van der Waals surface area contributed by atoms with Crippen LogP contribution in [0.1, 0.15) is 37.8 Å². The van der Waals surface area contributed by atoms with E-state index in [4.69, 9.17) is 11.6 Å². The van der Waals surface area contributed by atoms with Crippen LogP contribution in [0.15, 0.2) is 18.2 Å². The summed E-state index contributed by atoms with van der Waals surface area (Å²) in [6.45, 7) is 5.68. The zero-order valence-corrected chi connectivity index (χ0v) is 14.6. The van der Waals surface area contributed by atoms with Crippen LogP contribution in [-0.4, -0.2) is 37.6 Å². The highest BCUT2D eigenvalue weighted by molar-refractivity contribution is 6.30. The molecule has 0 saturated heterocycles. The molecule has 2 nitrogen and oxygen atoms in total. The lowest BCUT2D eigenvalue weighted by Crippen LogP contribution is -2.46. The summed E-state index contributed by atoms with van der Waals surface area (Å²) in [4.78, 5) is 2.38. The van der Waals surface area contributed by atoms with E-state index in [1.165, 1.54) is 24.0 Å². The summed E-state index contributed by atoms with van der Waals surface area (Å²) >= 11 is 6.09. The quantitative estimate of drug-likeness (QED) is 0.825. The maximum Gasteiger partial charge on any atom is 0.0408 e. The zero-order chi connectivity index (χ0) is 15.4. The van der Waals surface area contributed by atoms with Crippen molar-refractivity contribution in [2.45, 2.75) is 51.6 Å². The van der Waals surface area contributed by atoms with E-state index in [0.29, 0.717) is 12.1 Å². The van der Waals surface area contributed by atoms with Crippen LogP contribution < -0.4 is 5.32 Å². The lowest BCUT2D eigenvalue weighted by molar-refractivity contribution is 0.189. The number of benzene rings is 1. The van der Waals surface area contributed by atoms with Crippen molar-refractivity contribution in [3.05, 3.63) is 34.3 Å². The van der Waals surface area contributed by atoms with Crippen molar-refractivity contribution in [3.8, 4) is 0 Å². The van der Waals surface area contributed by atoms with E-state index in [1.807, 2.05) is 6.07 Å². The van der Waals surface area contributed by atoms with E-state index in [0.717, 1.165) is 30.3 Å². The van der Waals surface area contributed by atoms with Crippen molar-refractivity contribution in [2.24, 2.45) is 5.92 Å². The Balaban J connectivity index is 1.91. The van der Waals surface area contributed by atoms with Gasteiger partial charge >= 0.3 is 0 Å². The van der Waals surface area contributed by atoms with E-state index >= 15 is 0 Å². The first-order valence-corrected chi connectivity index (χ1v) is 8.60. The van der Waals surface area contributed by atoms with Crippen LogP contribution in [0.5, 0.6) is 0 Å². The second kappa shape index (κ2) is 7.62. The molecule has 1 aromatic carbocycles. The van der Waals surface area contributed by atoms with E-state index in [9.17, 15) is 0 Å². The monoisotopic (exact) mass is 308 g/mol. The number of nitrogens with one attached hydrogen (secondary N) is 1. The fraction of sp³-hybridized carbons (Fsp3) is 0.667. The third kappa shape index (κ3) is 4.21. The van der Waals surface area contributed by atoms with Crippen molar-refractivity contribution in [1.82, 2.24) is 10.2 Å². The highest BCUT2D eigenvalue weighted by Gasteiger charge is 2.25. The molecule has 21 heavy (non-hydrogen) atoms. The number of halogens is 1. The average Bonchev–Trinajstić information content (AvgIpc) is 2.84. The SMILES string of the molecule is CCC(CC)C(CNC1Cc2ccc(Cl)cc2C1)N(C)C. The molecule has 0 amide bonds. The molecule has 2 rings (SSSR count). The van der Waals surface area contributed by atoms with Crippen LogP contribution in [0.2, 0.25) is 5.02 Å². The molecule has 0 fully saturated rings.